The van der Waals surface area contributed by atoms with Crippen molar-refractivity contribution in [3.63, 3.8) is 0 Å². The van der Waals surface area contributed by atoms with Crippen molar-refractivity contribution in [2.24, 2.45) is 0 Å². The van der Waals surface area contributed by atoms with E-state index >= 15 is 0 Å². The van der Waals surface area contributed by atoms with Gasteiger partial charge in [-0.3, -0.25) is 9.52 Å². The van der Waals surface area contributed by atoms with E-state index in [-0.39, 0.29) is 17.6 Å². The van der Waals surface area contributed by atoms with Crippen LogP contribution in [0.1, 0.15) is 24.2 Å². The molecule has 0 atom stereocenters. The molecule has 2 aromatic carbocycles. The first-order valence-corrected chi connectivity index (χ1v) is 9.74. The van der Waals surface area contributed by atoms with Crippen molar-refractivity contribution in [3.8, 4) is 11.5 Å². The minimum atomic E-state index is -3.78. The van der Waals surface area contributed by atoms with E-state index in [2.05, 4.69) is 4.72 Å². The van der Waals surface area contributed by atoms with Crippen molar-refractivity contribution in [3.05, 3.63) is 48.0 Å². The molecule has 2 aromatic rings. The zero-order valence-corrected chi connectivity index (χ0v) is 15.4. The molecule has 8 heteroatoms. The van der Waals surface area contributed by atoms with E-state index in [9.17, 15) is 13.2 Å². The number of ether oxygens (including phenoxy) is 2. The highest BCUT2D eigenvalue weighted by Gasteiger charge is 2.19. The highest BCUT2D eigenvalue weighted by molar-refractivity contribution is 7.92. The Morgan fingerprint density at radius 1 is 1.04 bits per heavy atom. The quantitative estimate of drug-likeness (QED) is 0.838. The average molecular weight is 376 g/mol. The fraction of sp³-hybridized carbons (Fsp3) is 0.278. The Kier molecular flexibility index (Phi) is 5.03. The molecule has 0 unspecified atom stereocenters. The smallest absolute Gasteiger partial charge is 0.261 e. The van der Waals surface area contributed by atoms with Gasteiger partial charge in [0.1, 0.15) is 0 Å². The largest absolute Gasteiger partial charge is 0.454 e. The number of hydrogen-bond donors (Lipinski definition) is 1. The van der Waals surface area contributed by atoms with Gasteiger partial charge in [-0.25, -0.2) is 8.42 Å². The molecular weight excluding hydrogens is 356 g/mol. The minimum absolute atomic E-state index is 0.0752. The highest BCUT2D eigenvalue weighted by atomic mass is 32.2. The van der Waals surface area contributed by atoms with Crippen LogP contribution in [0.3, 0.4) is 0 Å². The third kappa shape index (κ3) is 3.60. The van der Waals surface area contributed by atoms with E-state index in [1.165, 1.54) is 24.3 Å². The lowest BCUT2D eigenvalue weighted by Crippen LogP contribution is -2.30. The number of nitrogens with one attached hydrogen (secondary N) is 1. The van der Waals surface area contributed by atoms with Gasteiger partial charge in [-0.15, -0.1) is 0 Å². The van der Waals surface area contributed by atoms with Crippen LogP contribution in [-0.4, -0.2) is 39.1 Å². The topological polar surface area (TPSA) is 84.9 Å². The first-order chi connectivity index (χ1) is 12.4. The summed E-state index contributed by atoms with van der Waals surface area (Å²) in [7, 11) is -3.78. The Morgan fingerprint density at radius 2 is 1.69 bits per heavy atom. The molecule has 1 amide bonds. The van der Waals surface area contributed by atoms with E-state index in [1.54, 1.807) is 23.1 Å². The van der Waals surface area contributed by atoms with Crippen molar-refractivity contribution >= 4 is 21.6 Å². The molecule has 26 heavy (non-hydrogen) atoms. The van der Waals surface area contributed by atoms with E-state index in [4.69, 9.17) is 9.47 Å². The molecule has 0 aliphatic carbocycles. The van der Waals surface area contributed by atoms with Gasteiger partial charge in [0.15, 0.2) is 11.5 Å². The number of hydrogen-bond acceptors (Lipinski definition) is 5. The van der Waals surface area contributed by atoms with Crippen LogP contribution in [0.5, 0.6) is 11.5 Å². The molecule has 0 saturated carbocycles. The molecule has 3 rings (SSSR count). The zero-order chi connectivity index (χ0) is 18.7. The van der Waals surface area contributed by atoms with Crippen molar-refractivity contribution in [1.82, 2.24) is 4.90 Å². The van der Waals surface area contributed by atoms with E-state index in [1.807, 2.05) is 13.8 Å². The number of nitrogens with zero attached hydrogens (tertiary/aromatic N) is 1. The number of rotatable bonds is 6. The molecule has 1 aliphatic heterocycles. The second-order valence-corrected chi connectivity index (χ2v) is 7.36. The number of fused-ring (bicyclic) bond motifs is 1. The Labute approximate surface area is 152 Å². The summed E-state index contributed by atoms with van der Waals surface area (Å²) in [5.41, 5.74) is 0.827. The zero-order valence-electron chi connectivity index (χ0n) is 14.6. The molecule has 1 N–H and O–H groups in total. The Morgan fingerprint density at radius 3 is 2.35 bits per heavy atom. The Balaban J connectivity index is 1.78. The van der Waals surface area contributed by atoms with Crippen LogP contribution in [0, 0.1) is 0 Å². The lowest BCUT2D eigenvalue weighted by molar-refractivity contribution is 0.0773. The third-order valence-electron chi connectivity index (χ3n) is 4.09. The number of carbonyl (C=O) groups excluding carboxylic acids is 1. The standard InChI is InChI=1S/C18H20N2O5S/c1-3-20(4-2)18(21)13-5-8-15(9-6-13)26(22,23)19-14-7-10-16-17(11-14)25-12-24-16/h5-11,19H,3-4,12H2,1-2H3. The highest BCUT2D eigenvalue weighted by Crippen LogP contribution is 2.34. The van der Waals surface area contributed by atoms with Crippen LogP contribution in [0.2, 0.25) is 0 Å². The summed E-state index contributed by atoms with van der Waals surface area (Å²) in [6.45, 7) is 5.11. The molecule has 0 fully saturated rings. The second kappa shape index (κ2) is 7.25. The summed E-state index contributed by atoms with van der Waals surface area (Å²) in [4.78, 5) is 14.1. The molecule has 0 bridgehead atoms. The van der Waals surface area contributed by atoms with Crippen LogP contribution in [-0.2, 0) is 10.0 Å². The number of benzene rings is 2. The van der Waals surface area contributed by atoms with Gasteiger partial charge in [0.25, 0.3) is 15.9 Å². The van der Waals surface area contributed by atoms with Gasteiger partial charge in [0.05, 0.1) is 10.6 Å². The van der Waals surface area contributed by atoms with E-state index in [0.717, 1.165) is 0 Å². The maximum atomic E-state index is 12.6. The Bertz CT molecular complexity index is 906. The van der Waals surface area contributed by atoms with Gasteiger partial charge in [-0.1, -0.05) is 0 Å². The molecule has 0 spiro atoms. The van der Waals surface area contributed by atoms with Crippen molar-refractivity contribution in [1.29, 1.82) is 0 Å². The van der Waals surface area contributed by atoms with Crippen molar-refractivity contribution in [2.45, 2.75) is 18.7 Å². The summed E-state index contributed by atoms with van der Waals surface area (Å²) in [6.07, 6.45) is 0. The number of carbonyl (C=O) groups is 1. The molecule has 1 heterocycles. The summed E-state index contributed by atoms with van der Waals surface area (Å²) >= 11 is 0. The van der Waals surface area contributed by atoms with Crippen LogP contribution >= 0.6 is 0 Å². The van der Waals surface area contributed by atoms with E-state index < -0.39 is 10.0 Å². The average Bonchev–Trinajstić information content (AvgIpc) is 3.10. The molecule has 138 valence electrons. The van der Waals surface area contributed by atoms with Gasteiger partial charge < -0.3 is 14.4 Å². The monoisotopic (exact) mass is 376 g/mol. The molecular formula is C18H20N2O5S. The molecule has 0 saturated heterocycles. The maximum Gasteiger partial charge on any atom is 0.261 e. The maximum absolute atomic E-state index is 12.6. The van der Waals surface area contributed by atoms with Gasteiger partial charge in [-0.2, -0.15) is 0 Å². The van der Waals surface area contributed by atoms with Crippen LogP contribution < -0.4 is 14.2 Å². The number of sulfonamides is 1. The van der Waals surface area contributed by atoms with Gasteiger partial charge in [-0.05, 0) is 50.2 Å². The Hall–Kier alpha value is -2.74. The number of anilines is 1. The molecule has 0 radical (unpaired) electrons. The summed E-state index contributed by atoms with van der Waals surface area (Å²) in [5, 5.41) is 0. The van der Waals surface area contributed by atoms with Gasteiger partial charge in [0, 0.05) is 24.7 Å². The van der Waals surface area contributed by atoms with Crippen LogP contribution in [0.4, 0.5) is 5.69 Å². The van der Waals surface area contributed by atoms with E-state index in [0.29, 0.717) is 35.8 Å². The lowest BCUT2D eigenvalue weighted by atomic mass is 10.2. The second-order valence-electron chi connectivity index (χ2n) is 5.68. The molecule has 7 nitrogen and oxygen atoms in total. The summed E-state index contributed by atoms with van der Waals surface area (Å²) in [6, 6.07) is 10.7. The predicted molar refractivity (Wildman–Crippen MR) is 97.1 cm³/mol. The molecule has 0 aromatic heterocycles. The fourth-order valence-electron chi connectivity index (χ4n) is 2.64. The van der Waals surface area contributed by atoms with Crippen LogP contribution in [0.25, 0.3) is 0 Å². The van der Waals surface area contributed by atoms with Gasteiger partial charge in [0.2, 0.25) is 6.79 Å². The van der Waals surface area contributed by atoms with Crippen molar-refractivity contribution < 1.29 is 22.7 Å². The van der Waals surface area contributed by atoms with Crippen molar-refractivity contribution in [2.75, 3.05) is 24.6 Å². The summed E-state index contributed by atoms with van der Waals surface area (Å²) < 4.78 is 38.1. The summed E-state index contributed by atoms with van der Waals surface area (Å²) in [5.74, 6) is 0.945. The normalized spacial score (nSPS) is 12.7. The third-order valence-corrected chi connectivity index (χ3v) is 5.48. The fourth-order valence-corrected chi connectivity index (χ4v) is 3.69. The van der Waals surface area contributed by atoms with Crippen LogP contribution in [0.15, 0.2) is 47.4 Å². The first-order valence-electron chi connectivity index (χ1n) is 8.26. The minimum Gasteiger partial charge on any atom is -0.454 e. The first kappa shape index (κ1) is 18.1. The SMILES string of the molecule is CCN(CC)C(=O)c1ccc(S(=O)(=O)Nc2ccc3c(c2)OCO3)cc1. The molecule has 1 aliphatic rings. The van der Waals surface area contributed by atoms with Gasteiger partial charge >= 0.3 is 0 Å². The lowest BCUT2D eigenvalue weighted by Gasteiger charge is -2.18. The predicted octanol–water partition coefficient (Wildman–Crippen LogP) is 2.70. The number of amides is 1.